The Labute approximate surface area is 394 Å². The third-order valence-corrected chi connectivity index (χ3v) is 15.5. The first-order chi connectivity index (χ1) is 32.9. The Balaban J connectivity index is 1.06. The van der Waals surface area contributed by atoms with Crippen molar-refractivity contribution in [3.05, 3.63) is 270 Å². The van der Waals surface area contributed by atoms with E-state index in [4.69, 9.17) is 0 Å². The molecule has 1 aliphatic heterocycles. The number of allylic oxidation sites excluding steroid dienone is 2. The first kappa shape index (κ1) is 39.4. The number of fused-ring (bicyclic) bond motifs is 9. The molecule has 0 spiro atoms. The third-order valence-electron chi connectivity index (χ3n) is 15.5. The van der Waals surface area contributed by atoms with Crippen molar-refractivity contribution in [3.63, 3.8) is 0 Å². The largest absolute Gasteiger partial charge is 0.333 e. The van der Waals surface area contributed by atoms with Gasteiger partial charge in [0.2, 0.25) is 0 Å². The van der Waals surface area contributed by atoms with Gasteiger partial charge in [0, 0.05) is 44.9 Å². The van der Waals surface area contributed by atoms with Gasteiger partial charge in [0.25, 0.3) is 0 Å². The van der Waals surface area contributed by atoms with Crippen LogP contribution in [0.25, 0.3) is 44.5 Å². The molecule has 13 rings (SSSR count). The maximum Gasteiger partial charge on any atom is 0.0629 e. The number of anilines is 5. The Bertz CT molecular complexity index is 3490. The highest BCUT2D eigenvalue weighted by atomic mass is 15.2. The Kier molecular flexibility index (Phi) is 8.86. The van der Waals surface area contributed by atoms with Crippen LogP contribution in [0, 0.1) is 0 Å². The highest BCUT2D eigenvalue weighted by molar-refractivity contribution is 6.00. The van der Waals surface area contributed by atoms with Crippen molar-refractivity contribution in [2.75, 3.05) is 9.80 Å². The van der Waals surface area contributed by atoms with Crippen molar-refractivity contribution in [1.82, 2.24) is 0 Å². The second-order valence-corrected chi connectivity index (χ2v) is 19.3. The summed E-state index contributed by atoms with van der Waals surface area (Å²) in [6.07, 6.45) is 9.14. The SMILES string of the molecule is CC1(C)c2ccccc2-c2c(-c3ccccc3N(c3ccc4c(c3)C(C)(c3ccccc3)c3ccccc3-4)c3ccccc3-c3ccc4c(c3)N(c3ccccc3)C3C=CC=CC43)cccc21. The molecular weight excluding hydrogens is 809 g/mol. The second-order valence-electron chi connectivity index (χ2n) is 19.3. The summed E-state index contributed by atoms with van der Waals surface area (Å²) in [5.41, 5.74) is 23.5. The summed E-state index contributed by atoms with van der Waals surface area (Å²) in [6, 6.07) is 79.7. The van der Waals surface area contributed by atoms with E-state index in [2.05, 4.69) is 267 Å². The van der Waals surface area contributed by atoms with Crippen LogP contribution in [0.15, 0.2) is 237 Å². The van der Waals surface area contributed by atoms with Gasteiger partial charge in [-0.25, -0.2) is 0 Å². The molecular formula is C65H50N2. The number of rotatable bonds is 7. The summed E-state index contributed by atoms with van der Waals surface area (Å²) in [5, 5.41) is 0. The monoisotopic (exact) mass is 858 g/mol. The van der Waals surface area contributed by atoms with Crippen molar-refractivity contribution in [2.24, 2.45) is 0 Å². The lowest BCUT2D eigenvalue weighted by molar-refractivity contribution is 0.660. The van der Waals surface area contributed by atoms with Gasteiger partial charge in [-0.05, 0) is 116 Å². The molecule has 0 fully saturated rings. The molecule has 0 N–H and O–H groups in total. The van der Waals surface area contributed by atoms with Gasteiger partial charge >= 0.3 is 0 Å². The van der Waals surface area contributed by atoms with Crippen molar-refractivity contribution >= 4 is 28.4 Å². The zero-order chi connectivity index (χ0) is 44.9. The standard InChI is InChI=1S/C65H50N2/c1-64(2)55-31-15-11-29-54(55)63-53(30-20-33-57(63)64)51-28-14-19-36-61(51)67(46-38-40-49-48-26-10-16-32-56(48)65(3,58(49)42-46)44-21-6-4-7-22-44)59-34-17-12-25-47(59)43-37-39-52-50-27-13-18-35-60(50)66(62(52)41-43)45-23-8-5-9-24-45/h4-42,50,60H,1-3H3. The molecule has 0 saturated heterocycles. The number of hydrogen-bond acceptors (Lipinski definition) is 2. The molecule has 0 bridgehead atoms. The van der Waals surface area contributed by atoms with E-state index in [1.807, 2.05) is 0 Å². The fourth-order valence-electron chi connectivity index (χ4n) is 12.3. The van der Waals surface area contributed by atoms with Gasteiger partial charge in [-0.2, -0.15) is 0 Å². The van der Waals surface area contributed by atoms with E-state index in [1.165, 1.54) is 89.3 Å². The van der Waals surface area contributed by atoms with Gasteiger partial charge in [-0.15, -0.1) is 0 Å². The summed E-state index contributed by atoms with van der Waals surface area (Å²) in [4.78, 5) is 5.09. The smallest absolute Gasteiger partial charge is 0.0629 e. The molecule has 0 saturated carbocycles. The van der Waals surface area contributed by atoms with Crippen LogP contribution in [-0.2, 0) is 10.8 Å². The van der Waals surface area contributed by atoms with Gasteiger partial charge < -0.3 is 9.80 Å². The normalized spacial score (nSPS) is 18.7. The minimum absolute atomic E-state index is 0.121. The highest BCUT2D eigenvalue weighted by Gasteiger charge is 2.42. The second kappa shape index (κ2) is 15.1. The van der Waals surface area contributed by atoms with E-state index in [0.717, 1.165) is 17.1 Å². The Hall–Kier alpha value is -7.94. The summed E-state index contributed by atoms with van der Waals surface area (Å²) >= 11 is 0. The molecule has 3 unspecified atom stereocenters. The van der Waals surface area contributed by atoms with Gasteiger partial charge in [-0.3, -0.25) is 0 Å². The van der Waals surface area contributed by atoms with Crippen molar-refractivity contribution in [2.45, 2.75) is 43.6 Å². The van der Waals surface area contributed by atoms with Crippen LogP contribution in [0.4, 0.5) is 28.4 Å². The molecule has 4 aliphatic rings. The lowest BCUT2D eigenvalue weighted by atomic mass is 9.74. The fourth-order valence-corrected chi connectivity index (χ4v) is 12.3. The maximum absolute atomic E-state index is 2.55. The van der Waals surface area contributed by atoms with Crippen LogP contribution in [0.5, 0.6) is 0 Å². The Morgan fingerprint density at radius 2 is 1.03 bits per heavy atom. The summed E-state index contributed by atoms with van der Waals surface area (Å²) in [6.45, 7) is 7.17. The van der Waals surface area contributed by atoms with Crippen LogP contribution >= 0.6 is 0 Å². The van der Waals surface area contributed by atoms with E-state index in [0.29, 0.717) is 0 Å². The Morgan fingerprint density at radius 1 is 0.433 bits per heavy atom. The number of para-hydroxylation sites is 3. The van der Waals surface area contributed by atoms with Crippen LogP contribution in [-0.4, -0.2) is 6.04 Å². The minimum Gasteiger partial charge on any atom is -0.333 e. The predicted octanol–water partition coefficient (Wildman–Crippen LogP) is 16.9. The fraction of sp³-hybridized carbons (Fsp3) is 0.108. The average molecular weight is 859 g/mol. The number of benzene rings is 9. The number of hydrogen-bond donors (Lipinski definition) is 0. The van der Waals surface area contributed by atoms with Crippen LogP contribution in [0.1, 0.15) is 60.1 Å². The lowest BCUT2D eigenvalue weighted by Gasteiger charge is -2.33. The molecule has 2 heteroatoms. The summed E-state index contributed by atoms with van der Waals surface area (Å²) in [5.74, 6) is 0.282. The van der Waals surface area contributed by atoms with E-state index in [9.17, 15) is 0 Å². The molecule has 3 atom stereocenters. The van der Waals surface area contributed by atoms with Gasteiger partial charge in [0.15, 0.2) is 0 Å². The lowest BCUT2D eigenvalue weighted by Crippen LogP contribution is -2.28. The highest BCUT2D eigenvalue weighted by Crippen LogP contribution is 2.57. The van der Waals surface area contributed by atoms with Gasteiger partial charge in [0.1, 0.15) is 0 Å². The summed E-state index contributed by atoms with van der Waals surface area (Å²) < 4.78 is 0. The molecule has 67 heavy (non-hydrogen) atoms. The zero-order valence-corrected chi connectivity index (χ0v) is 38.1. The van der Waals surface area contributed by atoms with Crippen LogP contribution in [0.2, 0.25) is 0 Å². The zero-order valence-electron chi connectivity index (χ0n) is 38.1. The number of nitrogens with zero attached hydrogens (tertiary/aromatic N) is 2. The molecule has 320 valence electrons. The average Bonchev–Trinajstić information content (AvgIpc) is 3.95. The minimum atomic E-state index is -0.357. The molecule has 9 aromatic carbocycles. The molecule has 9 aromatic rings. The van der Waals surface area contributed by atoms with Crippen LogP contribution in [0.3, 0.4) is 0 Å². The molecule has 0 aromatic heterocycles. The molecule has 2 nitrogen and oxygen atoms in total. The third kappa shape index (κ3) is 5.82. The van der Waals surface area contributed by atoms with E-state index < -0.39 is 0 Å². The topological polar surface area (TPSA) is 6.48 Å². The van der Waals surface area contributed by atoms with Crippen molar-refractivity contribution in [3.8, 4) is 44.5 Å². The van der Waals surface area contributed by atoms with E-state index >= 15 is 0 Å². The van der Waals surface area contributed by atoms with Crippen LogP contribution < -0.4 is 9.80 Å². The first-order valence-electron chi connectivity index (χ1n) is 23.8. The quantitative estimate of drug-likeness (QED) is 0.158. The summed E-state index contributed by atoms with van der Waals surface area (Å²) in [7, 11) is 0. The van der Waals surface area contributed by atoms with Crippen molar-refractivity contribution < 1.29 is 0 Å². The van der Waals surface area contributed by atoms with Gasteiger partial charge in [0.05, 0.1) is 17.4 Å². The van der Waals surface area contributed by atoms with Gasteiger partial charge in [-0.1, -0.05) is 208 Å². The Morgan fingerprint density at radius 3 is 1.82 bits per heavy atom. The predicted molar refractivity (Wildman–Crippen MR) is 280 cm³/mol. The molecule has 0 radical (unpaired) electrons. The molecule has 0 amide bonds. The van der Waals surface area contributed by atoms with Crippen molar-refractivity contribution in [1.29, 1.82) is 0 Å². The maximum atomic E-state index is 2.55. The first-order valence-corrected chi connectivity index (χ1v) is 23.8. The molecule has 3 aliphatic carbocycles. The molecule has 1 heterocycles. The van der Waals surface area contributed by atoms with E-state index in [1.54, 1.807) is 0 Å². The van der Waals surface area contributed by atoms with E-state index in [-0.39, 0.29) is 22.8 Å².